The van der Waals surface area contributed by atoms with E-state index in [4.69, 9.17) is 4.52 Å². The molecule has 0 N–H and O–H groups in total. The topological polar surface area (TPSA) is 89.4 Å². The third kappa shape index (κ3) is 2.34. The molecule has 24 heavy (non-hydrogen) atoms. The Morgan fingerprint density at radius 2 is 2.29 bits per heavy atom. The summed E-state index contributed by atoms with van der Waals surface area (Å²) in [6.45, 7) is 4.52. The van der Waals surface area contributed by atoms with Gasteiger partial charge in [-0.05, 0) is 25.8 Å². The third-order valence-electron chi connectivity index (χ3n) is 4.34. The van der Waals surface area contributed by atoms with E-state index >= 15 is 0 Å². The summed E-state index contributed by atoms with van der Waals surface area (Å²) in [4.78, 5) is 23.7. The summed E-state index contributed by atoms with van der Waals surface area (Å²) in [6, 6.07) is 1.71. The summed E-state index contributed by atoms with van der Waals surface area (Å²) in [5.41, 5.74) is 1.93. The highest BCUT2D eigenvalue weighted by Gasteiger charge is 2.35. The fraction of sp³-hybridized carbons (Fsp3) is 0.438. The van der Waals surface area contributed by atoms with Gasteiger partial charge in [0.25, 0.3) is 5.91 Å². The van der Waals surface area contributed by atoms with Crippen LogP contribution in [0.25, 0.3) is 5.65 Å². The lowest BCUT2D eigenvalue weighted by Gasteiger charge is -2.21. The zero-order valence-corrected chi connectivity index (χ0v) is 13.6. The number of carbonyl (C=O) groups excluding carboxylic acids is 1. The number of aryl methyl sites for hydroxylation is 2. The monoisotopic (exact) mass is 326 g/mol. The molecule has 4 heterocycles. The average Bonchev–Trinajstić information content (AvgIpc) is 3.31. The number of hydrogen-bond acceptors (Lipinski definition) is 6. The van der Waals surface area contributed by atoms with Crippen LogP contribution in [0.4, 0.5) is 0 Å². The Kier molecular flexibility index (Phi) is 3.51. The van der Waals surface area contributed by atoms with Gasteiger partial charge in [0, 0.05) is 24.9 Å². The van der Waals surface area contributed by atoms with Gasteiger partial charge >= 0.3 is 0 Å². The Balaban J connectivity index is 1.68. The van der Waals surface area contributed by atoms with Crippen LogP contribution in [-0.2, 0) is 6.42 Å². The van der Waals surface area contributed by atoms with Gasteiger partial charge in [-0.3, -0.25) is 4.79 Å². The number of nitrogens with zero attached hydrogens (tertiary/aromatic N) is 6. The van der Waals surface area contributed by atoms with Gasteiger partial charge in [-0.2, -0.15) is 10.1 Å². The first-order valence-electron chi connectivity index (χ1n) is 8.12. The van der Waals surface area contributed by atoms with Crippen LogP contribution in [0.5, 0.6) is 0 Å². The number of fused-ring (bicyclic) bond motifs is 1. The van der Waals surface area contributed by atoms with Crippen molar-refractivity contribution in [3.63, 3.8) is 0 Å². The Morgan fingerprint density at radius 1 is 1.42 bits per heavy atom. The molecule has 1 saturated heterocycles. The van der Waals surface area contributed by atoms with Crippen LogP contribution in [0.1, 0.15) is 53.6 Å². The Bertz CT molecular complexity index is 899. The van der Waals surface area contributed by atoms with Gasteiger partial charge in [0.2, 0.25) is 5.89 Å². The van der Waals surface area contributed by atoms with E-state index in [2.05, 4.69) is 20.2 Å². The predicted molar refractivity (Wildman–Crippen MR) is 84.4 cm³/mol. The molecular formula is C16H18N6O2. The van der Waals surface area contributed by atoms with E-state index in [1.54, 1.807) is 15.6 Å². The summed E-state index contributed by atoms with van der Waals surface area (Å²) >= 11 is 0. The molecule has 1 amide bonds. The second-order valence-corrected chi connectivity index (χ2v) is 5.95. The van der Waals surface area contributed by atoms with Crippen molar-refractivity contribution in [2.75, 3.05) is 6.54 Å². The zero-order chi connectivity index (χ0) is 16.7. The normalized spacial score (nSPS) is 17.8. The lowest BCUT2D eigenvalue weighted by molar-refractivity contribution is 0.0730. The summed E-state index contributed by atoms with van der Waals surface area (Å²) in [5.74, 6) is 1.09. The second kappa shape index (κ2) is 5.70. The number of amides is 1. The van der Waals surface area contributed by atoms with Crippen molar-refractivity contribution in [1.29, 1.82) is 0 Å². The van der Waals surface area contributed by atoms with Crippen LogP contribution in [0.3, 0.4) is 0 Å². The molecule has 1 aliphatic heterocycles. The first kappa shape index (κ1) is 14.8. The van der Waals surface area contributed by atoms with Crippen LogP contribution in [0.2, 0.25) is 0 Å². The molecule has 3 aromatic heterocycles. The highest BCUT2D eigenvalue weighted by atomic mass is 16.5. The Hall–Kier alpha value is -2.77. The minimum absolute atomic E-state index is 0.0894. The SMILES string of the molecule is CCc1nc(C2CCCN2C(=O)c2cnn3ccc(C)nc23)no1. The summed E-state index contributed by atoms with van der Waals surface area (Å²) in [6.07, 6.45) is 5.82. The molecule has 0 bridgehead atoms. The van der Waals surface area contributed by atoms with E-state index in [1.807, 2.05) is 26.1 Å². The summed E-state index contributed by atoms with van der Waals surface area (Å²) in [7, 11) is 0. The van der Waals surface area contributed by atoms with E-state index in [0.29, 0.717) is 35.9 Å². The molecule has 1 atom stereocenters. The van der Waals surface area contributed by atoms with Crippen molar-refractivity contribution >= 4 is 11.6 Å². The van der Waals surface area contributed by atoms with Crippen molar-refractivity contribution < 1.29 is 9.32 Å². The van der Waals surface area contributed by atoms with E-state index in [1.165, 1.54) is 0 Å². The molecule has 1 fully saturated rings. The van der Waals surface area contributed by atoms with Crippen LogP contribution < -0.4 is 0 Å². The van der Waals surface area contributed by atoms with Crippen molar-refractivity contribution in [3.8, 4) is 0 Å². The van der Waals surface area contributed by atoms with E-state index < -0.39 is 0 Å². The highest BCUT2D eigenvalue weighted by Crippen LogP contribution is 2.32. The van der Waals surface area contributed by atoms with Crippen molar-refractivity contribution in [2.24, 2.45) is 0 Å². The molecule has 0 aliphatic carbocycles. The van der Waals surface area contributed by atoms with E-state index in [-0.39, 0.29) is 11.9 Å². The largest absolute Gasteiger partial charge is 0.339 e. The fourth-order valence-corrected chi connectivity index (χ4v) is 3.09. The maximum atomic E-state index is 13.0. The lowest BCUT2D eigenvalue weighted by atomic mass is 10.2. The summed E-state index contributed by atoms with van der Waals surface area (Å²) < 4.78 is 6.82. The van der Waals surface area contributed by atoms with Crippen LogP contribution in [0, 0.1) is 6.92 Å². The molecule has 4 rings (SSSR count). The molecule has 0 saturated carbocycles. The number of aromatic nitrogens is 5. The molecule has 124 valence electrons. The third-order valence-corrected chi connectivity index (χ3v) is 4.34. The first-order chi connectivity index (χ1) is 11.7. The maximum Gasteiger partial charge on any atom is 0.259 e. The molecule has 8 nitrogen and oxygen atoms in total. The number of rotatable bonds is 3. The average molecular weight is 326 g/mol. The predicted octanol–water partition coefficient (Wildman–Crippen LogP) is 1.96. The van der Waals surface area contributed by atoms with Gasteiger partial charge in [-0.15, -0.1) is 0 Å². The molecule has 0 radical (unpaired) electrons. The lowest BCUT2D eigenvalue weighted by Crippen LogP contribution is -2.31. The minimum Gasteiger partial charge on any atom is -0.339 e. The standard InChI is InChI=1S/C16H18N6O2/c1-3-13-19-14(20-24-13)12-5-4-7-21(12)16(23)11-9-17-22-8-6-10(2)18-15(11)22/h6,8-9,12H,3-5,7H2,1-2H3. The molecule has 1 aliphatic rings. The highest BCUT2D eigenvalue weighted by molar-refractivity contribution is 6.00. The van der Waals surface area contributed by atoms with Crippen LogP contribution in [-0.4, -0.2) is 42.1 Å². The van der Waals surface area contributed by atoms with Gasteiger partial charge in [-0.25, -0.2) is 9.50 Å². The van der Waals surface area contributed by atoms with E-state index in [9.17, 15) is 4.79 Å². The molecule has 0 aromatic carbocycles. The fourth-order valence-electron chi connectivity index (χ4n) is 3.09. The Morgan fingerprint density at radius 3 is 3.08 bits per heavy atom. The van der Waals surface area contributed by atoms with Gasteiger partial charge < -0.3 is 9.42 Å². The minimum atomic E-state index is -0.152. The number of carbonyl (C=O) groups is 1. The van der Waals surface area contributed by atoms with Crippen LogP contribution >= 0.6 is 0 Å². The summed E-state index contributed by atoms with van der Waals surface area (Å²) in [5, 5.41) is 8.27. The van der Waals surface area contributed by atoms with Crippen LogP contribution in [0.15, 0.2) is 23.0 Å². The number of hydrogen-bond donors (Lipinski definition) is 0. The molecule has 3 aromatic rings. The quantitative estimate of drug-likeness (QED) is 0.731. The van der Waals surface area contributed by atoms with Gasteiger partial charge in [0.15, 0.2) is 11.5 Å². The molecular weight excluding hydrogens is 308 g/mol. The second-order valence-electron chi connectivity index (χ2n) is 5.95. The van der Waals surface area contributed by atoms with E-state index in [0.717, 1.165) is 18.5 Å². The van der Waals surface area contributed by atoms with Crippen molar-refractivity contribution in [3.05, 3.63) is 41.4 Å². The number of likely N-dealkylation sites (tertiary alicyclic amines) is 1. The molecule has 1 unspecified atom stereocenters. The molecule has 0 spiro atoms. The maximum absolute atomic E-state index is 13.0. The van der Waals surface area contributed by atoms with Crippen molar-refractivity contribution in [1.82, 2.24) is 29.6 Å². The zero-order valence-electron chi connectivity index (χ0n) is 13.6. The first-order valence-corrected chi connectivity index (χ1v) is 8.12. The smallest absolute Gasteiger partial charge is 0.259 e. The van der Waals surface area contributed by atoms with Gasteiger partial charge in [0.05, 0.1) is 12.2 Å². The molecule has 8 heteroatoms. The van der Waals surface area contributed by atoms with Gasteiger partial charge in [0.1, 0.15) is 5.56 Å². The Labute approximate surface area is 138 Å². The van der Waals surface area contributed by atoms with Crippen molar-refractivity contribution in [2.45, 2.75) is 39.2 Å². The van der Waals surface area contributed by atoms with Gasteiger partial charge in [-0.1, -0.05) is 12.1 Å².